The second-order valence-electron chi connectivity index (χ2n) is 4.30. The van der Waals surface area contributed by atoms with Crippen LogP contribution in [0.25, 0.3) is 6.08 Å². The van der Waals surface area contributed by atoms with Gasteiger partial charge in [-0.15, -0.1) is 0 Å². The smallest absolute Gasteiger partial charge is 0.337 e. The van der Waals surface area contributed by atoms with Crippen LogP contribution in [-0.2, 0) is 9.53 Å². The first kappa shape index (κ1) is 15.7. The minimum absolute atomic E-state index is 0.313. The van der Waals surface area contributed by atoms with Gasteiger partial charge < -0.3 is 10.1 Å². The molecule has 1 aromatic carbocycles. The number of hydrogen-bond acceptors (Lipinski definition) is 4. The fourth-order valence-electron chi connectivity index (χ4n) is 1.64. The summed E-state index contributed by atoms with van der Waals surface area (Å²) < 4.78 is 4.61. The molecular weight excluding hydrogens is 304 g/mol. The molecule has 2 rings (SSSR count). The van der Waals surface area contributed by atoms with Gasteiger partial charge in [-0.2, -0.15) is 0 Å². The number of methoxy groups -OCH3 is 1. The topological polar surface area (TPSA) is 68.3 Å². The Kier molecular flexibility index (Phi) is 5.27. The fourth-order valence-corrected chi connectivity index (χ4v) is 1.75. The summed E-state index contributed by atoms with van der Waals surface area (Å²) in [6.07, 6.45) is 4.46. The number of pyridine rings is 1. The van der Waals surface area contributed by atoms with E-state index in [4.69, 9.17) is 11.6 Å². The monoisotopic (exact) mass is 316 g/mol. The predicted octanol–water partition coefficient (Wildman–Crippen LogP) is 3.17. The molecule has 1 amide bonds. The second-order valence-corrected chi connectivity index (χ2v) is 4.73. The van der Waals surface area contributed by atoms with Gasteiger partial charge in [-0.05, 0) is 35.9 Å². The number of aromatic nitrogens is 1. The summed E-state index contributed by atoms with van der Waals surface area (Å²) in [5.41, 5.74) is 1.24. The number of halogens is 1. The number of anilines is 1. The molecule has 0 fully saturated rings. The maximum Gasteiger partial charge on any atom is 0.337 e. The molecule has 0 bridgehead atoms. The van der Waals surface area contributed by atoms with Gasteiger partial charge in [-0.3, -0.25) is 4.79 Å². The third kappa shape index (κ3) is 4.43. The number of hydrogen-bond donors (Lipinski definition) is 1. The number of ether oxygens (including phenoxy) is 1. The molecule has 0 aliphatic rings. The van der Waals surface area contributed by atoms with Gasteiger partial charge in [0.05, 0.1) is 17.7 Å². The van der Waals surface area contributed by atoms with E-state index in [1.54, 1.807) is 42.5 Å². The number of esters is 1. The third-order valence-electron chi connectivity index (χ3n) is 2.74. The molecule has 0 aliphatic carbocycles. The van der Waals surface area contributed by atoms with E-state index in [9.17, 15) is 9.59 Å². The Morgan fingerprint density at radius 1 is 1.18 bits per heavy atom. The molecule has 1 aromatic heterocycles. The zero-order valence-corrected chi connectivity index (χ0v) is 12.5. The molecule has 22 heavy (non-hydrogen) atoms. The van der Waals surface area contributed by atoms with Crippen LogP contribution in [0.1, 0.15) is 15.9 Å². The van der Waals surface area contributed by atoms with Crippen LogP contribution in [-0.4, -0.2) is 24.0 Å². The van der Waals surface area contributed by atoms with Gasteiger partial charge in [0.2, 0.25) is 5.91 Å². The van der Waals surface area contributed by atoms with Crippen LogP contribution in [0.4, 0.5) is 5.82 Å². The van der Waals surface area contributed by atoms with Crippen LogP contribution in [0.5, 0.6) is 0 Å². The first-order valence-electron chi connectivity index (χ1n) is 6.37. The lowest BCUT2D eigenvalue weighted by atomic mass is 10.1. The summed E-state index contributed by atoms with van der Waals surface area (Å²) in [4.78, 5) is 27.0. The molecule has 0 saturated heterocycles. The number of carbonyl (C=O) groups excluding carboxylic acids is 2. The van der Waals surface area contributed by atoms with Crippen molar-refractivity contribution in [2.75, 3.05) is 12.4 Å². The Bertz CT molecular complexity index is 694. The molecule has 0 radical (unpaired) electrons. The molecule has 0 atom stereocenters. The standard InChI is InChI=1S/C16H13ClN2O3/c1-22-16(21)12-5-2-11(3-6-12)4-9-15(20)19-14-8-7-13(17)10-18-14/h2-10H,1H3,(H,18,19,20)/b9-4+. The number of nitrogens with zero attached hydrogens (tertiary/aromatic N) is 1. The van der Waals surface area contributed by atoms with Crippen molar-refractivity contribution in [1.82, 2.24) is 4.98 Å². The quantitative estimate of drug-likeness (QED) is 0.695. The molecule has 6 heteroatoms. The summed E-state index contributed by atoms with van der Waals surface area (Å²) in [5, 5.41) is 3.11. The van der Waals surface area contributed by atoms with E-state index in [1.165, 1.54) is 19.4 Å². The van der Waals surface area contributed by atoms with Crippen molar-refractivity contribution in [1.29, 1.82) is 0 Å². The second kappa shape index (κ2) is 7.38. The van der Waals surface area contributed by atoms with Crippen molar-refractivity contribution in [3.63, 3.8) is 0 Å². The van der Waals surface area contributed by atoms with Crippen LogP contribution in [0, 0.1) is 0 Å². The molecule has 1 heterocycles. The Morgan fingerprint density at radius 2 is 1.91 bits per heavy atom. The van der Waals surface area contributed by atoms with Gasteiger partial charge in [-0.25, -0.2) is 9.78 Å². The van der Waals surface area contributed by atoms with E-state index in [0.717, 1.165) is 5.56 Å². The Balaban J connectivity index is 1.97. The van der Waals surface area contributed by atoms with Crippen molar-refractivity contribution < 1.29 is 14.3 Å². The maximum atomic E-state index is 11.7. The molecule has 112 valence electrons. The molecule has 2 aromatic rings. The van der Waals surface area contributed by atoms with E-state index in [0.29, 0.717) is 16.4 Å². The van der Waals surface area contributed by atoms with Crippen LogP contribution < -0.4 is 5.32 Å². The minimum Gasteiger partial charge on any atom is -0.465 e. The van der Waals surface area contributed by atoms with Gasteiger partial charge in [0.1, 0.15) is 5.82 Å². The maximum absolute atomic E-state index is 11.7. The number of benzene rings is 1. The highest BCUT2D eigenvalue weighted by atomic mass is 35.5. The number of amides is 1. The van der Waals surface area contributed by atoms with E-state index in [-0.39, 0.29) is 5.91 Å². The summed E-state index contributed by atoms with van der Waals surface area (Å²) in [6.45, 7) is 0. The van der Waals surface area contributed by atoms with E-state index in [1.807, 2.05) is 0 Å². The average Bonchev–Trinajstić information content (AvgIpc) is 2.55. The average molecular weight is 317 g/mol. The SMILES string of the molecule is COC(=O)c1ccc(/C=C/C(=O)Nc2ccc(Cl)cn2)cc1. The van der Waals surface area contributed by atoms with Crippen molar-refractivity contribution >= 4 is 35.4 Å². The Morgan fingerprint density at radius 3 is 2.50 bits per heavy atom. The normalized spacial score (nSPS) is 10.5. The van der Waals surface area contributed by atoms with Crippen LogP contribution in [0.3, 0.4) is 0 Å². The van der Waals surface area contributed by atoms with Crippen LogP contribution >= 0.6 is 11.6 Å². The first-order chi connectivity index (χ1) is 10.6. The number of rotatable bonds is 4. The van der Waals surface area contributed by atoms with Gasteiger partial charge in [0, 0.05) is 12.3 Å². The molecule has 0 aliphatic heterocycles. The van der Waals surface area contributed by atoms with E-state index in [2.05, 4.69) is 15.0 Å². The summed E-state index contributed by atoms with van der Waals surface area (Å²) in [7, 11) is 1.32. The van der Waals surface area contributed by atoms with Crippen molar-refractivity contribution in [2.45, 2.75) is 0 Å². The van der Waals surface area contributed by atoms with Crippen LogP contribution in [0.15, 0.2) is 48.7 Å². The zero-order chi connectivity index (χ0) is 15.9. The highest BCUT2D eigenvalue weighted by Gasteiger charge is 2.03. The molecule has 0 spiro atoms. The fraction of sp³-hybridized carbons (Fsp3) is 0.0625. The van der Waals surface area contributed by atoms with Crippen molar-refractivity contribution in [2.24, 2.45) is 0 Å². The van der Waals surface area contributed by atoms with E-state index >= 15 is 0 Å². The lowest BCUT2D eigenvalue weighted by Gasteiger charge is -2.01. The Labute approximate surface area is 132 Å². The summed E-state index contributed by atoms with van der Waals surface area (Å²) in [5.74, 6) is -0.297. The molecule has 0 unspecified atom stereocenters. The van der Waals surface area contributed by atoms with E-state index < -0.39 is 5.97 Å². The molecular formula is C16H13ClN2O3. The lowest BCUT2D eigenvalue weighted by molar-refractivity contribution is -0.111. The largest absolute Gasteiger partial charge is 0.465 e. The van der Waals surface area contributed by atoms with Gasteiger partial charge >= 0.3 is 5.97 Å². The van der Waals surface area contributed by atoms with Gasteiger partial charge in [0.15, 0.2) is 0 Å². The Hall–Kier alpha value is -2.66. The van der Waals surface area contributed by atoms with Crippen molar-refractivity contribution in [3.05, 3.63) is 64.8 Å². The molecule has 0 saturated carbocycles. The molecule has 5 nitrogen and oxygen atoms in total. The predicted molar refractivity (Wildman–Crippen MR) is 84.7 cm³/mol. The molecule has 1 N–H and O–H groups in total. The summed E-state index contributed by atoms with van der Waals surface area (Å²) >= 11 is 5.71. The van der Waals surface area contributed by atoms with Crippen molar-refractivity contribution in [3.8, 4) is 0 Å². The minimum atomic E-state index is -0.401. The highest BCUT2D eigenvalue weighted by Crippen LogP contribution is 2.10. The zero-order valence-electron chi connectivity index (χ0n) is 11.7. The first-order valence-corrected chi connectivity index (χ1v) is 6.75. The summed E-state index contributed by atoms with van der Waals surface area (Å²) in [6, 6.07) is 9.94. The number of carbonyl (C=O) groups is 2. The van der Waals surface area contributed by atoms with Gasteiger partial charge in [-0.1, -0.05) is 23.7 Å². The number of nitrogens with one attached hydrogen (secondary N) is 1. The van der Waals surface area contributed by atoms with Crippen LogP contribution in [0.2, 0.25) is 5.02 Å². The highest BCUT2D eigenvalue weighted by molar-refractivity contribution is 6.30. The van der Waals surface area contributed by atoms with Gasteiger partial charge in [0.25, 0.3) is 0 Å². The third-order valence-corrected chi connectivity index (χ3v) is 2.96. The lowest BCUT2D eigenvalue weighted by Crippen LogP contribution is -2.08.